The summed E-state index contributed by atoms with van der Waals surface area (Å²) in [5.74, 6) is 0.431. The van der Waals surface area contributed by atoms with Crippen LogP contribution in [0.25, 0.3) is 0 Å². The van der Waals surface area contributed by atoms with E-state index in [0.29, 0.717) is 36.5 Å². The van der Waals surface area contributed by atoms with E-state index in [1.54, 1.807) is 24.3 Å². The zero-order valence-corrected chi connectivity index (χ0v) is 13.9. The van der Waals surface area contributed by atoms with Crippen LogP contribution in [0.1, 0.15) is 17.5 Å². The highest BCUT2D eigenvalue weighted by atomic mass is 35.5. The molecule has 0 spiro atoms. The summed E-state index contributed by atoms with van der Waals surface area (Å²) in [4.78, 5) is 24.4. The van der Waals surface area contributed by atoms with Crippen LogP contribution in [-0.4, -0.2) is 23.4 Å². The predicted octanol–water partition coefficient (Wildman–Crippen LogP) is 3.51. The number of carbonyl (C=O) groups excluding carboxylic acids is 1. The van der Waals surface area contributed by atoms with E-state index in [4.69, 9.17) is 11.6 Å². The molecule has 0 unspecified atom stereocenters. The molecule has 8 heteroatoms. The zero-order valence-electron chi connectivity index (χ0n) is 13.2. The minimum absolute atomic E-state index is 0.00576. The van der Waals surface area contributed by atoms with Gasteiger partial charge in [-0.25, -0.2) is 0 Å². The SMILES string of the molecule is O=CN(CCCCl)c1ccc(Cn2cc(C(F)(F)F)ccc2=O)cc1. The second-order valence-corrected chi connectivity index (χ2v) is 5.77. The number of alkyl halides is 4. The van der Waals surface area contributed by atoms with Crippen LogP contribution < -0.4 is 10.5 Å². The van der Waals surface area contributed by atoms with Crippen LogP contribution in [0, 0.1) is 0 Å². The van der Waals surface area contributed by atoms with Crippen LogP contribution in [0.4, 0.5) is 18.9 Å². The summed E-state index contributed by atoms with van der Waals surface area (Å²) in [5.41, 5.74) is -0.0979. The first-order chi connectivity index (χ1) is 11.8. The lowest BCUT2D eigenvalue weighted by atomic mass is 10.2. The second-order valence-electron chi connectivity index (χ2n) is 5.39. The highest BCUT2D eigenvalue weighted by molar-refractivity contribution is 6.17. The molecule has 1 heterocycles. The standard InChI is InChI=1S/C17H16ClF3N2O2/c18-8-1-9-22(12-24)15-5-2-13(3-6-15)10-23-11-14(17(19,20)21)4-7-16(23)25/h2-7,11-12H,1,8-10H2. The second kappa shape index (κ2) is 8.20. The molecule has 0 N–H and O–H groups in total. The Labute approximate surface area is 147 Å². The minimum atomic E-state index is -4.51. The van der Waals surface area contributed by atoms with Crippen LogP contribution in [-0.2, 0) is 17.5 Å². The van der Waals surface area contributed by atoms with Crippen LogP contribution in [0.5, 0.6) is 0 Å². The van der Waals surface area contributed by atoms with E-state index in [0.717, 1.165) is 22.9 Å². The summed E-state index contributed by atoms with van der Waals surface area (Å²) in [6.07, 6.45) is -2.37. The first-order valence-corrected chi connectivity index (χ1v) is 8.03. The third kappa shape index (κ3) is 5.09. The Morgan fingerprint density at radius 2 is 1.80 bits per heavy atom. The fourth-order valence-corrected chi connectivity index (χ4v) is 2.40. The lowest BCUT2D eigenvalue weighted by Crippen LogP contribution is -2.23. The number of halogens is 4. The molecule has 0 radical (unpaired) electrons. The summed E-state index contributed by atoms with van der Waals surface area (Å²) in [5, 5.41) is 0. The van der Waals surface area contributed by atoms with Gasteiger partial charge in [0.2, 0.25) is 6.41 Å². The van der Waals surface area contributed by atoms with Crippen molar-refractivity contribution in [2.24, 2.45) is 0 Å². The Morgan fingerprint density at radius 1 is 1.12 bits per heavy atom. The molecule has 0 saturated carbocycles. The van der Waals surface area contributed by atoms with Gasteiger partial charge in [-0.3, -0.25) is 9.59 Å². The van der Waals surface area contributed by atoms with E-state index in [-0.39, 0.29) is 6.54 Å². The number of benzene rings is 1. The van der Waals surface area contributed by atoms with Crippen molar-refractivity contribution in [2.75, 3.05) is 17.3 Å². The van der Waals surface area contributed by atoms with E-state index in [2.05, 4.69) is 0 Å². The lowest BCUT2D eigenvalue weighted by molar-refractivity contribution is -0.138. The summed E-state index contributed by atoms with van der Waals surface area (Å²) in [6, 6.07) is 8.35. The fraction of sp³-hybridized carbons (Fsp3) is 0.294. The molecule has 0 saturated heterocycles. The van der Waals surface area contributed by atoms with Crippen LogP contribution in [0.3, 0.4) is 0 Å². The van der Waals surface area contributed by atoms with E-state index in [1.165, 1.54) is 4.90 Å². The van der Waals surface area contributed by atoms with Gasteiger partial charge >= 0.3 is 6.18 Å². The van der Waals surface area contributed by atoms with Crippen molar-refractivity contribution < 1.29 is 18.0 Å². The highest BCUT2D eigenvalue weighted by Gasteiger charge is 2.31. The molecule has 2 rings (SSSR count). The maximum absolute atomic E-state index is 12.8. The van der Waals surface area contributed by atoms with Gasteiger partial charge < -0.3 is 9.47 Å². The molecular weight excluding hydrogens is 357 g/mol. The van der Waals surface area contributed by atoms with Crippen LogP contribution >= 0.6 is 11.6 Å². The van der Waals surface area contributed by atoms with Gasteiger partial charge in [-0.05, 0) is 30.2 Å². The molecule has 0 fully saturated rings. The topological polar surface area (TPSA) is 42.3 Å². The number of hydrogen-bond donors (Lipinski definition) is 0. The molecule has 25 heavy (non-hydrogen) atoms. The first-order valence-electron chi connectivity index (χ1n) is 7.49. The molecule has 0 bridgehead atoms. The maximum Gasteiger partial charge on any atom is 0.417 e. The van der Waals surface area contributed by atoms with Gasteiger partial charge in [0.15, 0.2) is 0 Å². The maximum atomic E-state index is 12.8. The van der Waals surface area contributed by atoms with Crippen LogP contribution in [0.15, 0.2) is 47.4 Å². The fourth-order valence-electron chi connectivity index (χ4n) is 2.28. The van der Waals surface area contributed by atoms with Gasteiger partial charge in [-0.2, -0.15) is 13.2 Å². The van der Waals surface area contributed by atoms with Gasteiger partial charge in [0.25, 0.3) is 5.56 Å². The van der Waals surface area contributed by atoms with Crippen molar-refractivity contribution in [1.82, 2.24) is 4.57 Å². The van der Waals surface area contributed by atoms with Gasteiger partial charge in [0.05, 0.1) is 12.1 Å². The molecule has 1 amide bonds. The van der Waals surface area contributed by atoms with Crippen LogP contribution in [0.2, 0.25) is 0 Å². The summed E-state index contributed by atoms with van der Waals surface area (Å²) >= 11 is 5.61. The van der Waals surface area contributed by atoms with Crippen molar-refractivity contribution in [3.05, 3.63) is 64.1 Å². The van der Waals surface area contributed by atoms with Gasteiger partial charge in [-0.1, -0.05) is 12.1 Å². The summed E-state index contributed by atoms with van der Waals surface area (Å²) in [7, 11) is 0. The number of anilines is 1. The number of aromatic nitrogens is 1. The zero-order chi connectivity index (χ0) is 18.4. The minimum Gasteiger partial charge on any atom is -0.315 e. The quantitative estimate of drug-likeness (QED) is 0.551. The number of pyridine rings is 1. The Morgan fingerprint density at radius 3 is 2.36 bits per heavy atom. The number of hydrogen-bond acceptors (Lipinski definition) is 2. The molecular formula is C17H16ClF3N2O2. The Hall–Kier alpha value is -2.28. The molecule has 2 aromatic rings. The van der Waals surface area contributed by atoms with Crippen molar-refractivity contribution >= 4 is 23.7 Å². The van der Waals surface area contributed by atoms with Gasteiger partial charge in [0.1, 0.15) is 0 Å². The van der Waals surface area contributed by atoms with E-state index < -0.39 is 17.3 Å². The first kappa shape index (κ1) is 19.1. The Kier molecular flexibility index (Phi) is 6.25. The smallest absolute Gasteiger partial charge is 0.315 e. The van der Waals surface area contributed by atoms with Crippen molar-refractivity contribution in [1.29, 1.82) is 0 Å². The average Bonchev–Trinajstić information content (AvgIpc) is 2.58. The number of rotatable bonds is 7. The predicted molar refractivity (Wildman–Crippen MR) is 90.0 cm³/mol. The molecule has 1 aromatic carbocycles. The van der Waals surface area contributed by atoms with Gasteiger partial charge in [0, 0.05) is 30.4 Å². The van der Waals surface area contributed by atoms with Crippen molar-refractivity contribution in [3.8, 4) is 0 Å². The van der Waals surface area contributed by atoms with E-state index in [9.17, 15) is 22.8 Å². The average molecular weight is 373 g/mol. The van der Waals surface area contributed by atoms with Gasteiger partial charge in [-0.15, -0.1) is 11.6 Å². The number of amides is 1. The summed E-state index contributed by atoms with van der Waals surface area (Å²) < 4.78 is 39.3. The molecule has 0 atom stereocenters. The lowest BCUT2D eigenvalue weighted by Gasteiger charge is -2.17. The normalized spacial score (nSPS) is 11.4. The number of carbonyl (C=O) groups is 1. The van der Waals surface area contributed by atoms with E-state index >= 15 is 0 Å². The van der Waals surface area contributed by atoms with E-state index in [1.807, 2.05) is 0 Å². The molecule has 1 aromatic heterocycles. The van der Waals surface area contributed by atoms with Crippen molar-refractivity contribution in [3.63, 3.8) is 0 Å². The third-order valence-electron chi connectivity index (χ3n) is 3.59. The largest absolute Gasteiger partial charge is 0.417 e. The highest BCUT2D eigenvalue weighted by Crippen LogP contribution is 2.28. The summed E-state index contributed by atoms with van der Waals surface area (Å²) in [6.45, 7) is 0.477. The Balaban J connectivity index is 2.19. The molecule has 0 aliphatic carbocycles. The number of nitrogens with zero attached hydrogens (tertiary/aromatic N) is 2. The molecule has 0 aliphatic heterocycles. The molecule has 0 aliphatic rings. The Bertz CT molecular complexity index is 773. The molecule has 134 valence electrons. The third-order valence-corrected chi connectivity index (χ3v) is 3.86. The van der Waals surface area contributed by atoms with Crippen molar-refractivity contribution in [2.45, 2.75) is 19.1 Å². The monoisotopic (exact) mass is 372 g/mol. The molecule has 4 nitrogen and oxygen atoms in total.